The highest BCUT2D eigenvalue weighted by Gasteiger charge is 2.07. The van der Waals surface area contributed by atoms with E-state index in [1.54, 1.807) is 0 Å². The van der Waals surface area contributed by atoms with E-state index in [0.29, 0.717) is 0 Å². The number of fused-ring (bicyclic) bond motifs is 1. The summed E-state index contributed by atoms with van der Waals surface area (Å²) in [5.74, 6) is 0. The standard InChI is InChI=1S/C16H19N3O/c1-4-5-7-12(2)17-16(20)18-14-8-6-9-15-13(14)10-11-19(15)3/h4-11H,1-3H3,(H2,17,18,20). The molecule has 0 unspecified atom stereocenters. The summed E-state index contributed by atoms with van der Waals surface area (Å²) >= 11 is 0. The summed E-state index contributed by atoms with van der Waals surface area (Å²) in [6, 6.07) is 7.61. The van der Waals surface area contributed by atoms with Gasteiger partial charge in [-0.2, -0.15) is 0 Å². The van der Waals surface area contributed by atoms with Crippen molar-refractivity contribution in [3.8, 4) is 0 Å². The van der Waals surface area contributed by atoms with Crippen molar-refractivity contribution in [2.45, 2.75) is 13.8 Å². The van der Waals surface area contributed by atoms with Gasteiger partial charge < -0.3 is 15.2 Å². The first kappa shape index (κ1) is 13.9. The highest BCUT2D eigenvalue weighted by molar-refractivity contribution is 6.01. The van der Waals surface area contributed by atoms with Gasteiger partial charge in [0.25, 0.3) is 0 Å². The number of carbonyl (C=O) groups excluding carboxylic acids is 1. The number of amides is 2. The minimum Gasteiger partial charge on any atom is -0.350 e. The molecule has 4 heteroatoms. The highest BCUT2D eigenvalue weighted by Crippen LogP contribution is 2.23. The van der Waals surface area contributed by atoms with E-state index in [4.69, 9.17) is 0 Å². The second-order valence-electron chi connectivity index (χ2n) is 4.62. The topological polar surface area (TPSA) is 46.1 Å². The van der Waals surface area contributed by atoms with Crippen LogP contribution in [0, 0.1) is 0 Å². The zero-order chi connectivity index (χ0) is 14.5. The van der Waals surface area contributed by atoms with Crippen molar-refractivity contribution in [3.63, 3.8) is 0 Å². The number of aromatic nitrogens is 1. The van der Waals surface area contributed by atoms with E-state index in [0.717, 1.165) is 22.3 Å². The third-order valence-electron chi connectivity index (χ3n) is 3.03. The van der Waals surface area contributed by atoms with E-state index >= 15 is 0 Å². The van der Waals surface area contributed by atoms with Crippen LogP contribution >= 0.6 is 0 Å². The summed E-state index contributed by atoms with van der Waals surface area (Å²) in [6.07, 6.45) is 7.62. The molecule has 1 aromatic heterocycles. The number of nitrogens with zero attached hydrogens (tertiary/aromatic N) is 1. The SMILES string of the molecule is CC=CC=C(C)NC(=O)Nc1cccc2c1ccn2C. The zero-order valence-electron chi connectivity index (χ0n) is 12.0. The molecular formula is C16H19N3O. The summed E-state index contributed by atoms with van der Waals surface area (Å²) in [5, 5.41) is 6.69. The Balaban J connectivity index is 2.14. The summed E-state index contributed by atoms with van der Waals surface area (Å²) in [5.41, 5.74) is 2.68. The summed E-state index contributed by atoms with van der Waals surface area (Å²) in [6.45, 7) is 3.78. The van der Waals surface area contributed by atoms with Gasteiger partial charge in [-0.25, -0.2) is 4.79 Å². The van der Waals surface area contributed by atoms with E-state index in [1.165, 1.54) is 0 Å². The molecule has 0 atom stereocenters. The third-order valence-corrected chi connectivity index (χ3v) is 3.03. The molecule has 0 fully saturated rings. The monoisotopic (exact) mass is 269 g/mol. The Kier molecular flexibility index (Phi) is 4.25. The average molecular weight is 269 g/mol. The second-order valence-corrected chi connectivity index (χ2v) is 4.62. The fourth-order valence-electron chi connectivity index (χ4n) is 2.03. The number of rotatable bonds is 3. The molecule has 2 N–H and O–H groups in total. The lowest BCUT2D eigenvalue weighted by Gasteiger charge is -2.09. The van der Waals surface area contributed by atoms with Crippen LogP contribution in [-0.2, 0) is 7.05 Å². The molecule has 0 bridgehead atoms. The van der Waals surface area contributed by atoms with Crippen molar-refractivity contribution in [1.29, 1.82) is 0 Å². The first-order valence-corrected chi connectivity index (χ1v) is 6.53. The number of hydrogen-bond donors (Lipinski definition) is 2. The average Bonchev–Trinajstić information content (AvgIpc) is 2.79. The molecule has 0 aliphatic heterocycles. The Morgan fingerprint density at radius 1 is 1.30 bits per heavy atom. The first-order valence-electron chi connectivity index (χ1n) is 6.53. The minimum absolute atomic E-state index is 0.236. The second kappa shape index (κ2) is 6.10. The highest BCUT2D eigenvalue weighted by atomic mass is 16.2. The smallest absolute Gasteiger partial charge is 0.323 e. The number of urea groups is 1. The molecule has 20 heavy (non-hydrogen) atoms. The number of hydrogen-bond acceptors (Lipinski definition) is 1. The van der Waals surface area contributed by atoms with Crippen LogP contribution in [0.4, 0.5) is 10.5 Å². The van der Waals surface area contributed by atoms with Crippen LogP contribution in [0.25, 0.3) is 10.9 Å². The Morgan fingerprint density at radius 3 is 2.85 bits per heavy atom. The summed E-state index contributed by atoms with van der Waals surface area (Å²) in [4.78, 5) is 11.9. The van der Waals surface area contributed by atoms with Crippen LogP contribution in [0.5, 0.6) is 0 Å². The van der Waals surface area contributed by atoms with Gasteiger partial charge in [-0.1, -0.05) is 18.2 Å². The van der Waals surface area contributed by atoms with E-state index < -0.39 is 0 Å². The number of nitrogens with one attached hydrogen (secondary N) is 2. The van der Waals surface area contributed by atoms with Gasteiger partial charge in [0.1, 0.15) is 0 Å². The maximum Gasteiger partial charge on any atom is 0.323 e. The van der Waals surface area contributed by atoms with Gasteiger partial charge in [0.2, 0.25) is 0 Å². The van der Waals surface area contributed by atoms with Gasteiger partial charge in [-0.05, 0) is 38.1 Å². The number of aryl methyl sites for hydroxylation is 1. The molecule has 2 amide bonds. The number of anilines is 1. The molecule has 0 saturated heterocycles. The molecule has 2 rings (SSSR count). The largest absolute Gasteiger partial charge is 0.350 e. The lowest BCUT2D eigenvalue weighted by molar-refractivity contribution is 0.254. The van der Waals surface area contributed by atoms with E-state index in [9.17, 15) is 4.79 Å². The lowest BCUT2D eigenvalue weighted by atomic mass is 10.2. The predicted octanol–water partition coefficient (Wildman–Crippen LogP) is 3.78. The molecule has 2 aromatic rings. The molecule has 0 radical (unpaired) electrons. The lowest BCUT2D eigenvalue weighted by Crippen LogP contribution is -2.27. The predicted molar refractivity (Wildman–Crippen MR) is 83.6 cm³/mol. The molecule has 104 valence electrons. The van der Waals surface area contributed by atoms with Gasteiger partial charge in [0.05, 0.1) is 5.69 Å². The molecule has 0 spiro atoms. The summed E-state index contributed by atoms with van der Waals surface area (Å²) in [7, 11) is 1.98. The minimum atomic E-state index is -0.236. The van der Waals surface area contributed by atoms with Gasteiger partial charge in [0, 0.05) is 29.8 Å². The zero-order valence-corrected chi connectivity index (χ0v) is 12.0. The molecule has 0 saturated carbocycles. The molecular weight excluding hydrogens is 250 g/mol. The van der Waals surface area contributed by atoms with Crippen molar-refractivity contribution in [1.82, 2.24) is 9.88 Å². The van der Waals surface area contributed by atoms with Crippen LogP contribution in [0.3, 0.4) is 0 Å². The Labute approximate surface area is 118 Å². The van der Waals surface area contributed by atoms with Crippen LogP contribution in [0.15, 0.2) is 54.4 Å². The van der Waals surface area contributed by atoms with Crippen LogP contribution in [0.2, 0.25) is 0 Å². The van der Waals surface area contributed by atoms with E-state index in [-0.39, 0.29) is 6.03 Å². The molecule has 1 heterocycles. The number of benzene rings is 1. The van der Waals surface area contributed by atoms with Crippen molar-refractivity contribution in [2.24, 2.45) is 7.05 Å². The van der Waals surface area contributed by atoms with E-state index in [1.807, 2.05) is 74.2 Å². The molecule has 1 aromatic carbocycles. The fraction of sp³-hybridized carbons (Fsp3) is 0.188. The van der Waals surface area contributed by atoms with Crippen LogP contribution in [-0.4, -0.2) is 10.6 Å². The van der Waals surface area contributed by atoms with Crippen molar-refractivity contribution >= 4 is 22.6 Å². The maximum atomic E-state index is 11.9. The third kappa shape index (κ3) is 3.09. The quantitative estimate of drug-likeness (QED) is 0.818. The van der Waals surface area contributed by atoms with Gasteiger partial charge in [0.15, 0.2) is 0 Å². The summed E-state index contributed by atoms with van der Waals surface area (Å²) < 4.78 is 2.02. The van der Waals surface area contributed by atoms with Gasteiger partial charge in [-0.3, -0.25) is 0 Å². The first-order chi connectivity index (χ1) is 9.61. The Bertz CT molecular complexity index is 680. The van der Waals surface area contributed by atoms with Crippen LogP contribution in [0.1, 0.15) is 13.8 Å². The van der Waals surface area contributed by atoms with Crippen molar-refractivity contribution in [2.75, 3.05) is 5.32 Å². The van der Waals surface area contributed by atoms with Gasteiger partial charge >= 0.3 is 6.03 Å². The van der Waals surface area contributed by atoms with Gasteiger partial charge in [-0.15, -0.1) is 0 Å². The van der Waals surface area contributed by atoms with Crippen molar-refractivity contribution in [3.05, 3.63) is 54.4 Å². The fourth-order valence-corrected chi connectivity index (χ4v) is 2.03. The van der Waals surface area contributed by atoms with E-state index in [2.05, 4.69) is 10.6 Å². The van der Waals surface area contributed by atoms with Crippen LogP contribution < -0.4 is 10.6 Å². The normalized spacial score (nSPS) is 12.1. The number of carbonyl (C=O) groups is 1. The Hall–Kier alpha value is -2.49. The molecule has 0 aliphatic rings. The Morgan fingerprint density at radius 2 is 2.10 bits per heavy atom. The maximum absolute atomic E-state index is 11.9. The molecule has 4 nitrogen and oxygen atoms in total. The van der Waals surface area contributed by atoms with Crippen molar-refractivity contribution < 1.29 is 4.79 Å². The number of allylic oxidation sites excluding steroid dienone is 4. The molecule has 0 aliphatic carbocycles.